The third-order valence-corrected chi connectivity index (χ3v) is 2.47. The molecule has 0 aliphatic carbocycles. The summed E-state index contributed by atoms with van der Waals surface area (Å²) in [5.74, 6) is -0.470. The Labute approximate surface area is 98.3 Å². The molecule has 6 heteroatoms. The molecule has 1 aromatic rings. The lowest BCUT2D eigenvalue weighted by Gasteiger charge is -2.26. The number of carbonyl (C=O) groups is 1. The smallest absolute Gasteiger partial charge is 0.322 e. The summed E-state index contributed by atoms with van der Waals surface area (Å²) < 4.78 is 18.2. The van der Waals surface area contributed by atoms with E-state index < -0.39 is 5.82 Å². The lowest BCUT2D eigenvalue weighted by molar-refractivity contribution is 0.0564. The summed E-state index contributed by atoms with van der Waals surface area (Å²) in [4.78, 5) is 13.4. The van der Waals surface area contributed by atoms with Crippen LogP contribution in [-0.4, -0.2) is 37.2 Å². The molecule has 0 radical (unpaired) electrons. The van der Waals surface area contributed by atoms with Crippen LogP contribution in [0.4, 0.5) is 20.6 Å². The molecule has 92 valence electrons. The van der Waals surface area contributed by atoms with Crippen molar-refractivity contribution in [2.24, 2.45) is 0 Å². The monoisotopic (exact) mass is 239 g/mol. The van der Waals surface area contributed by atoms with Crippen LogP contribution in [0, 0.1) is 5.82 Å². The highest BCUT2D eigenvalue weighted by Gasteiger charge is 2.16. The number of nitrogens with one attached hydrogen (secondary N) is 1. The van der Waals surface area contributed by atoms with Crippen molar-refractivity contribution in [1.29, 1.82) is 0 Å². The molecular weight excluding hydrogens is 225 g/mol. The molecule has 1 heterocycles. The Morgan fingerprint density at radius 2 is 2.06 bits per heavy atom. The number of rotatable bonds is 1. The Balaban J connectivity index is 2.01. The van der Waals surface area contributed by atoms with Crippen LogP contribution in [0.2, 0.25) is 0 Å². The third-order valence-electron chi connectivity index (χ3n) is 2.47. The molecule has 1 fully saturated rings. The van der Waals surface area contributed by atoms with Gasteiger partial charge in [0.05, 0.1) is 13.2 Å². The molecule has 1 aromatic carbocycles. The number of carbonyl (C=O) groups excluding carboxylic acids is 1. The van der Waals surface area contributed by atoms with E-state index in [9.17, 15) is 9.18 Å². The van der Waals surface area contributed by atoms with Gasteiger partial charge in [-0.2, -0.15) is 0 Å². The number of halogens is 1. The summed E-state index contributed by atoms with van der Waals surface area (Å²) >= 11 is 0. The van der Waals surface area contributed by atoms with Gasteiger partial charge in [0.2, 0.25) is 0 Å². The summed E-state index contributed by atoms with van der Waals surface area (Å²) in [6.45, 7) is 2.13. The molecule has 1 aliphatic rings. The van der Waals surface area contributed by atoms with E-state index in [1.807, 2.05) is 0 Å². The number of nitrogens with two attached hydrogens (primary N) is 1. The molecule has 0 spiro atoms. The molecule has 2 rings (SSSR count). The van der Waals surface area contributed by atoms with Gasteiger partial charge in [-0.1, -0.05) is 0 Å². The van der Waals surface area contributed by atoms with Gasteiger partial charge in [0.15, 0.2) is 0 Å². The van der Waals surface area contributed by atoms with Gasteiger partial charge in [-0.05, 0) is 18.2 Å². The second-order valence-electron chi connectivity index (χ2n) is 3.80. The third kappa shape index (κ3) is 3.07. The van der Waals surface area contributed by atoms with E-state index in [0.717, 1.165) is 0 Å². The Kier molecular flexibility index (Phi) is 3.43. The van der Waals surface area contributed by atoms with Gasteiger partial charge in [0.1, 0.15) is 5.82 Å². The topological polar surface area (TPSA) is 67.6 Å². The van der Waals surface area contributed by atoms with Crippen LogP contribution in [0.15, 0.2) is 18.2 Å². The van der Waals surface area contributed by atoms with E-state index in [1.165, 1.54) is 18.2 Å². The fourth-order valence-corrected chi connectivity index (χ4v) is 1.65. The molecule has 17 heavy (non-hydrogen) atoms. The molecule has 0 aromatic heterocycles. The SMILES string of the molecule is Nc1cc(F)cc(NC(=O)N2CCOCC2)c1. The second kappa shape index (κ2) is 5.01. The number of hydrogen-bond donors (Lipinski definition) is 2. The maximum Gasteiger partial charge on any atom is 0.322 e. The quantitative estimate of drug-likeness (QED) is 0.725. The average Bonchev–Trinajstić information content (AvgIpc) is 2.28. The normalized spacial score (nSPS) is 15.7. The van der Waals surface area contributed by atoms with E-state index in [0.29, 0.717) is 32.0 Å². The predicted octanol–water partition coefficient (Wildman–Crippen LogP) is 1.27. The van der Waals surface area contributed by atoms with Crippen LogP contribution >= 0.6 is 0 Å². The fourth-order valence-electron chi connectivity index (χ4n) is 1.65. The first-order valence-electron chi connectivity index (χ1n) is 5.35. The van der Waals surface area contributed by atoms with Crippen molar-refractivity contribution in [1.82, 2.24) is 4.90 Å². The molecule has 1 saturated heterocycles. The van der Waals surface area contributed by atoms with E-state index in [2.05, 4.69) is 5.32 Å². The Bertz CT molecular complexity index is 399. The lowest BCUT2D eigenvalue weighted by Crippen LogP contribution is -2.43. The van der Waals surface area contributed by atoms with Crippen LogP contribution in [0.1, 0.15) is 0 Å². The number of urea groups is 1. The van der Waals surface area contributed by atoms with Gasteiger partial charge in [-0.15, -0.1) is 0 Å². The minimum atomic E-state index is -0.470. The zero-order chi connectivity index (χ0) is 12.3. The summed E-state index contributed by atoms with van der Waals surface area (Å²) in [5.41, 5.74) is 6.13. The van der Waals surface area contributed by atoms with Gasteiger partial charge in [0.25, 0.3) is 0 Å². The number of anilines is 2. The van der Waals surface area contributed by atoms with E-state index in [-0.39, 0.29) is 11.7 Å². The molecule has 3 N–H and O–H groups in total. The van der Waals surface area contributed by atoms with Crippen LogP contribution in [-0.2, 0) is 4.74 Å². The van der Waals surface area contributed by atoms with Gasteiger partial charge >= 0.3 is 6.03 Å². The zero-order valence-electron chi connectivity index (χ0n) is 9.28. The maximum atomic E-state index is 13.1. The molecule has 0 saturated carbocycles. The molecule has 0 unspecified atom stereocenters. The number of nitrogens with zero attached hydrogens (tertiary/aromatic N) is 1. The molecule has 0 bridgehead atoms. The molecule has 0 atom stereocenters. The summed E-state index contributed by atoms with van der Waals surface area (Å²) in [6, 6.07) is 3.68. The minimum absolute atomic E-state index is 0.265. The number of ether oxygens (including phenoxy) is 1. The predicted molar refractivity (Wildman–Crippen MR) is 62.2 cm³/mol. The Morgan fingerprint density at radius 1 is 1.35 bits per heavy atom. The van der Waals surface area contributed by atoms with Crippen molar-refractivity contribution < 1.29 is 13.9 Å². The highest BCUT2D eigenvalue weighted by molar-refractivity contribution is 5.89. The van der Waals surface area contributed by atoms with E-state index in [4.69, 9.17) is 10.5 Å². The van der Waals surface area contributed by atoms with Crippen LogP contribution in [0.25, 0.3) is 0 Å². The van der Waals surface area contributed by atoms with Crippen molar-refractivity contribution in [3.05, 3.63) is 24.0 Å². The molecular formula is C11H14FN3O2. The van der Waals surface area contributed by atoms with Gasteiger partial charge in [-0.25, -0.2) is 9.18 Å². The number of amides is 2. The first-order valence-corrected chi connectivity index (χ1v) is 5.35. The second-order valence-corrected chi connectivity index (χ2v) is 3.80. The van der Waals surface area contributed by atoms with E-state index >= 15 is 0 Å². The van der Waals surface area contributed by atoms with Crippen molar-refractivity contribution in [3.63, 3.8) is 0 Å². The number of benzene rings is 1. The van der Waals surface area contributed by atoms with Crippen LogP contribution < -0.4 is 11.1 Å². The first kappa shape index (κ1) is 11.7. The largest absolute Gasteiger partial charge is 0.399 e. The van der Waals surface area contributed by atoms with Gasteiger partial charge in [-0.3, -0.25) is 0 Å². The lowest BCUT2D eigenvalue weighted by atomic mass is 10.2. The summed E-state index contributed by atoms with van der Waals surface area (Å²) in [6.07, 6.45) is 0. The first-order chi connectivity index (χ1) is 8.15. The molecule has 1 aliphatic heterocycles. The standard InChI is InChI=1S/C11H14FN3O2/c12-8-5-9(13)7-10(6-8)14-11(16)15-1-3-17-4-2-15/h5-7H,1-4,13H2,(H,14,16). The zero-order valence-corrected chi connectivity index (χ0v) is 9.28. The summed E-state index contributed by atoms with van der Waals surface area (Å²) in [7, 11) is 0. The number of hydrogen-bond acceptors (Lipinski definition) is 3. The average molecular weight is 239 g/mol. The van der Waals surface area contributed by atoms with Crippen LogP contribution in [0.3, 0.4) is 0 Å². The number of nitrogen functional groups attached to an aromatic ring is 1. The van der Waals surface area contributed by atoms with Crippen molar-refractivity contribution in [2.75, 3.05) is 37.4 Å². The van der Waals surface area contributed by atoms with Crippen molar-refractivity contribution in [3.8, 4) is 0 Å². The summed E-state index contributed by atoms with van der Waals surface area (Å²) in [5, 5.41) is 2.60. The van der Waals surface area contributed by atoms with Gasteiger partial charge in [0, 0.05) is 24.5 Å². The highest BCUT2D eigenvalue weighted by Crippen LogP contribution is 2.16. The maximum absolute atomic E-state index is 13.1. The fraction of sp³-hybridized carbons (Fsp3) is 0.364. The highest BCUT2D eigenvalue weighted by atomic mass is 19.1. The van der Waals surface area contributed by atoms with Crippen molar-refractivity contribution >= 4 is 17.4 Å². The Hall–Kier alpha value is -1.82. The molecule has 5 nitrogen and oxygen atoms in total. The molecule has 2 amide bonds. The van der Waals surface area contributed by atoms with Crippen LogP contribution in [0.5, 0.6) is 0 Å². The van der Waals surface area contributed by atoms with E-state index in [1.54, 1.807) is 4.90 Å². The van der Waals surface area contributed by atoms with Crippen molar-refractivity contribution in [2.45, 2.75) is 0 Å². The van der Waals surface area contributed by atoms with Gasteiger partial charge < -0.3 is 20.7 Å². The Morgan fingerprint density at radius 3 is 2.71 bits per heavy atom. The minimum Gasteiger partial charge on any atom is -0.399 e. The number of morpholine rings is 1.